The van der Waals surface area contributed by atoms with Crippen LogP contribution in [0, 0.1) is 5.92 Å². The van der Waals surface area contributed by atoms with E-state index in [1.54, 1.807) is 18.2 Å². The highest BCUT2D eigenvalue weighted by molar-refractivity contribution is 5.45. The average Bonchev–Trinajstić information content (AvgIpc) is 2.50. The monoisotopic (exact) mass is 271 g/mol. The zero-order valence-corrected chi connectivity index (χ0v) is 12.7. The topological polar surface area (TPSA) is 12.5 Å². The normalized spacial score (nSPS) is 36.1. The zero-order chi connectivity index (χ0) is 13.7. The second-order valence-corrected chi connectivity index (χ2v) is 7.03. The van der Waals surface area contributed by atoms with Crippen LogP contribution in [0.25, 0.3) is 0 Å². The smallest absolute Gasteiger partial charge is 0.119 e. The summed E-state index contributed by atoms with van der Waals surface area (Å²) in [7, 11) is 4.12. The van der Waals surface area contributed by atoms with Gasteiger partial charge in [0.25, 0.3) is 0 Å². The molecule has 2 nitrogen and oxygen atoms in total. The van der Waals surface area contributed by atoms with Gasteiger partial charge in [-0.1, -0.05) is 18.9 Å². The molecule has 2 heteroatoms. The molecule has 1 heterocycles. The Morgan fingerprint density at radius 3 is 3.00 bits per heavy atom. The molecule has 4 rings (SSSR count). The van der Waals surface area contributed by atoms with E-state index in [1.807, 2.05) is 0 Å². The van der Waals surface area contributed by atoms with Crippen molar-refractivity contribution in [3.8, 4) is 5.75 Å². The molecule has 1 aromatic rings. The number of hydrogen-bond donors (Lipinski definition) is 0. The molecular weight excluding hydrogens is 246 g/mol. The van der Waals surface area contributed by atoms with Gasteiger partial charge in [-0.15, -0.1) is 0 Å². The van der Waals surface area contributed by atoms with Crippen LogP contribution in [0.5, 0.6) is 5.75 Å². The number of likely N-dealkylation sites (tertiary alicyclic amines) is 1. The van der Waals surface area contributed by atoms with Gasteiger partial charge in [-0.3, -0.25) is 0 Å². The van der Waals surface area contributed by atoms with Crippen molar-refractivity contribution in [2.75, 3.05) is 20.7 Å². The first-order valence-corrected chi connectivity index (χ1v) is 8.12. The molecule has 1 saturated carbocycles. The van der Waals surface area contributed by atoms with Gasteiger partial charge in [0, 0.05) is 11.5 Å². The Kier molecular flexibility index (Phi) is 2.85. The number of ether oxygens (including phenoxy) is 1. The van der Waals surface area contributed by atoms with E-state index in [-0.39, 0.29) is 0 Å². The van der Waals surface area contributed by atoms with E-state index in [2.05, 4.69) is 30.1 Å². The fraction of sp³-hybridized carbons (Fsp3) is 0.667. The third-order valence-electron chi connectivity index (χ3n) is 6.32. The average molecular weight is 271 g/mol. The van der Waals surface area contributed by atoms with Gasteiger partial charge in [-0.2, -0.15) is 0 Å². The predicted molar refractivity (Wildman–Crippen MR) is 81.4 cm³/mol. The summed E-state index contributed by atoms with van der Waals surface area (Å²) >= 11 is 0. The lowest BCUT2D eigenvalue weighted by molar-refractivity contribution is 0.00274. The maximum Gasteiger partial charge on any atom is 0.119 e. The summed E-state index contributed by atoms with van der Waals surface area (Å²) in [5.41, 5.74) is 3.67. The van der Waals surface area contributed by atoms with E-state index in [9.17, 15) is 0 Å². The van der Waals surface area contributed by atoms with Crippen molar-refractivity contribution in [1.82, 2.24) is 4.90 Å². The Balaban J connectivity index is 1.88. The molecule has 0 spiro atoms. The lowest BCUT2D eigenvalue weighted by Crippen LogP contribution is -2.59. The standard InChI is InChI=1S/C18H25NO/c1-19-10-9-18-8-4-3-5-15(18)17(19)11-13-6-7-14(20-2)12-16(13)18/h6-7,12,15,17H,3-5,8-11H2,1-2H3/t15-,17-,18?/m0/s1. The summed E-state index contributed by atoms with van der Waals surface area (Å²) in [6, 6.07) is 7.60. The largest absolute Gasteiger partial charge is 0.497 e. The van der Waals surface area contributed by atoms with Crippen molar-refractivity contribution in [2.24, 2.45) is 5.92 Å². The zero-order valence-electron chi connectivity index (χ0n) is 12.7. The van der Waals surface area contributed by atoms with Crippen LogP contribution in [0.3, 0.4) is 0 Å². The third kappa shape index (κ3) is 1.60. The highest BCUT2D eigenvalue weighted by Gasteiger charge is 2.53. The van der Waals surface area contributed by atoms with Gasteiger partial charge in [-0.05, 0) is 68.5 Å². The molecule has 1 unspecified atom stereocenters. The highest BCUT2D eigenvalue weighted by atomic mass is 16.5. The number of rotatable bonds is 1. The number of hydrogen-bond acceptors (Lipinski definition) is 2. The molecule has 0 radical (unpaired) electrons. The fourth-order valence-electron chi connectivity index (χ4n) is 5.30. The van der Waals surface area contributed by atoms with Gasteiger partial charge in [-0.25, -0.2) is 0 Å². The van der Waals surface area contributed by atoms with Crippen molar-refractivity contribution in [3.05, 3.63) is 29.3 Å². The molecule has 3 atom stereocenters. The van der Waals surface area contributed by atoms with Crippen molar-refractivity contribution < 1.29 is 4.74 Å². The van der Waals surface area contributed by atoms with Crippen LogP contribution < -0.4 is 4.74 Å². The van der Waals surface area contributed by atoms with Gasteiger partial charge in [0.15, 0.2) is 0 Å². The van der Waals surface area contributed by atoms with E-state index in [1.165, 1.54) is 45.1 Å². The second kappa shape index (κ2) is 4.49. The Labute approximate surface area is 122 Å². The van der Waals surface area contributed by atoms with Crippen LogP contribution in [0.15, 0.2) is 18.2 Å². The summed E-state index contributed by atoms with van der Waals surface area (Å²) in [6.07, 6.45) is 8.22. The molecule has 3 aliphatic rings. The van der Waals surface area contributed by atoms with Crippen LogP contribution in [0.1, 0.15) is 43.2 Å². The van der Waals surface area contributed by atoms with Crippen molar-refractivity contribution >= 4 is 0 Å². The minimum absolute atomic E-state index is 0.456. The first kappa shape index (κ1) is 12.7. The van der Waals surface area contributed by atoms with Gasteiger partial charge in [0.2, 0.25) is 0 Å². The number of methoxy groups -OCH3 is 1. The quantitative estimate of drug-likeness (QED) is 0.776. The molecule has 2 aliphatic carbocycles. The third-order valence-corrected chi connectivity index (χ3v) is 6.32. The molecule has 1 aromatic carbocycles. The van der Waals surface area contributed by atoms with Gasteiger partial charge >= 0.3 is 0 Å². The van der Waals surface area contributed by atoms with Gasteiger partial charge in [0.1, 0.15) is 5.75 Å². The van der Waals surface area contributed by atoms with Crippen LogP contribution in [0.2, 0.25) is 0 Å². The van der Waals surface area contributed by atoms with Crippen molar-refractivity contribution in [2.45, 2.75) is 50.0 Å². The lowest BCUT2D eigenvalue weighted by Gasteiger charge is -2.58. The minimum Gasteiger partial charge on any atom is -0.497 e. The fourth-order valence-corrected chi connectivity index (χ4v) is 5.30. The molecule has 2 fully saturated rings. The summed E-state index contributed by atoms with van der Waals surface area (Å²) in [5.74, 6) is 1.91. The number of benzene rings is 1. The number of piperidine rings is 1. The molecule has 0 amide bonds. The molecule has 0 aromatic heterocycles. The van der Waals surface area contributed by atoms with E-state index in [0.29, 0.717) is 5.41 Å². The molecule has 1 saturated heterocycles. The van der Waals surface area contributed by atoms with Crippen LogP contribution >= 0.6 is 0 Å². The van der Waals surface area contributed by atoms with E-state index in [4.69, 9.17) is 4.74 Å². The molecule has 1 aliphatic heterocycles. The van der Waals surface area contributed by atoms with Crippen LogP contribution in [-0.4, -0.2) is 31.6 Å². The summed E-state index contributed by atoms with van der Waals surface area (Å²) < 4.78 is 5.51. The number of likely N-dealkylation sites (N-methyl/N-ethyl adjacent to an activating group) is 1. The molecule has 0 N–H and O–H groups in total. The van der Waals surface area contributed by atoms with Crippen LogP contribution in [-0.2, 0) is 11.8 Å². The Morgan fingerprint density at radius 1 is 1.25 bits per heavy atom. The first-order chi connectivity index (χ1) is 9.74. The Bertz CT molecular complexity index is 526. The van der Waals surface area contributed by atoms with Gasteiger partial charge in [0.05, 0.1) is 7.11 Å². The Hall–Kier alpha value is -1.02. The molecule has 108 valence electrons. The first-order valence-electron chi connectivity index (χ1n) is 8.12. The SMILES string of the molecule is COc1ccc2c(c1)C13CCCC[C@H]1[C@H](C2)N(C)CC3. The van der Waals surface area contributed by atoms with Crippen molar-refractivity contribution in [1.29, 1.82) is 0 Å². The van der Waals surface area contributed by atoms with Crippen molar-refractivity contribution in [3.63, 3.8) is 0 Å². The van der Waals surface area contributed by atoms with E-state index < -0.39 is 0 Å². The second-order valence-electron chi connectivity index (χ2n) is 7.03. The number of fused-ring (bicyclic) bond motifs is 1. The number of nitrogens with zero attached hydrogens (tertiary/aromatic N) is 1. The molecule has 20 heavy (non-hydrogen) atoms. The van der Waals surface area contributed by atoms with E-state index >= 15 is 0 Å². The highest BCUT2D eigenvalue weighted by Crippen LogP contribution is 2.55. The maximum absolute atomic E-state index is 5.51. The Morgan fingerprint density at radius 2 is 2.15 bits per heavy atom. The summed E-state index contributed by atoms with van der Waals surface area (Å²) in [4.78, 5) is 2.63. The van der Waals surface area contributed by atoms with Gasteiger partial charge < -0.3 is 9.64 Å². The molecule has 2 bridgehead atoms. The molecular formula is C18H25NO. The minimum atomic E-state index is 0.456. The summed E-state index contributed by atoms with van der Waals surface area (Å²) in [6.45, 7) is 1.26. The lowest BCUT2D eigenvalue weighted by atomic mass is 9.52. The predicted octanol–water partition coefficient (Wildman–Crippen LogP) is 3.38. The maximum atomic E-state index is 5.51. The van der Waals surface area contributed by atoms with E-state index in [0.717, 1.165) is 17.7 Å². The summed E-state index contributed by atoms with van der Waals surface area (Å²) in [5, 5.41) is 0. The van der Waals surface area contributed by atoms with Crippen LogP contribution in [0.4, 0.5) is 0 Å².